The Morgan fingerprint density at radius 2 is 1.79 bits per heavy atom. The van der Waals surface area contributed by atoms with Crippen molar-refractivity contribution in [2.45, 2.75) is 31.3 Å². The van der Waals surface area contributed by atoms with E-state index in [0.29, 0.717) is 31.1 Å². The number of nitrogens with one attached hydrogen (secondary N) is 1. The number of aliphatic carboxylic acids is 1. The maximum Gasteiger partial charge on any atom is 0.323 e. The zero-order valence-corrected chi connectivity index (χ0v) is 19.5. The lowest BCUT2D eigenvalue weighted by Crippen LogP contribution is -2.49. The van der Waals surface area contributed by atoms with Crippen molar-refractivity contribution in [1.82, 2.24) is 10.2 Å². The van der Waals surface area contributed by atoms with Crippen LogP contribution >= 0.6 is 11.8 Å². The summed E-state index contributed by atoms with van der Waals surface area (Å²) >= 11 is 1.62. The summed E-state index contributed by atoms with van der Waals surface area (Å²) in [7, 11) is 0. The van der Waals surface area contributed by atoms with Crippen LogP contribution in [0.25, 0.3) is 0 Å². The molecular formula is C25H30N2O5S. The molecule has 0 bridgehead atoms. The van der Waals surface area contributed by atoms with Crippen molar-refractivity contribution in [3.63, 3.8) is 0 Å². The second-order valence-corrected chi connectivity index (χ2v) is 8.91. The first-order chi connectivity index (χ1) is 16.0. The van der Waals surface area contributed by atoms with Crippen molar-refractivity contribution < 1.29 is 24.2 Å². The number of thioether (sulfide) groups is 1. The molecule has 0 radical (unpaired) electrons. The van der Waals surface area contributed by atoms with Gasteiger partial charge >= 0.3 is 11.9 Å². The number of amides is 1. The fourth-order valence-electron chi connectivity index (χ4n) is 3.99. The number of rotatable bonds is 10. The van der Waals surface area contributed by atoms with E-state index in [9.17, 15) is 19.5 Å². The van der Waals surface area contributed by atoms with Crippen molar-refractivity contribution in [1.29, 1.82) is 0 Å². The number of nitrogens with zero attached hydrogens (tertiary/aromatic N) is 1. The molecule has 7 nitrogen and oxygen atoms in total. The minimum atomic E-state index is -1.04. The largest absolute Gasteiger partial charge is 0.480 e. The van der Waals surface area contributed by atoms with Crippen LogP contribution in [0.2, 0.25) is 0 Å². The molecule has 1 aliphatic heterocycles. The third-order valence-electron chi connectivity index (χ3n) is 5.60. The number of benzene rings is 2. The lowest BCUT2D eigenvalue weighted by atomic mass is 9.95. The molecule has 1 fully saturated rings. The van der Waals surface area contributed by atoms with Crippen LogP contribution in [0.5, 0.6) is 0 Å². The van der Waals surface area contributed by atoms with E-state index >= 15 is 0 Å². The SMILES string of the molecule is CCOC(=O)[C@H](CCNC1CSCC(c2ccccc2)N(CC(=O)O)C1=O)c1ccccc1. The van der Waals surface area contributed by atoms with E-state index in [0.717, 1.165) is 11.1 Å². The van der Waals surface area contributed by atoms with E-state index in [1.165, 1.54) is 4.90 Å². The highest BCUT2D eigenvalue weighted by Crippen LogP contribution is 2.29. The molecule has 2 aromatic carbocycles. The van der Waals surface area contributed by atoms with Gasteiger partial charge in [-0.05, 0) is 31.0 Å². The number of ether oxygens (including phenoxy) is 1. The molecular weight excluding hydrogens is 440 g/mol. The summed E-state index contributed by atoms with van der Waals surface area (Å²) in [4.78, 5) is 38.9. The number of carboxylic acid groups (broad SMARTS) is 1. The van der Waals surface area contributed by atoms with Gasteiger partial charge in [0.2, 0.25) is 5.91 Å². The van der Waals surface area contributed by atoms with Crippen LogP contribution in [0.3, 0.4) is 0 Å². The molecule has 3 rings (SSSR count). The molecule has 1 saturated heterocycles. The number of hydrogen-bond acceptors (Lipinski definition) is 6. The predicted molar refractivity (Wildman–Crippen MR) is 128 cm³/mol. The molecule has 0 saturated carbocycles. The van der Waals surface area contributed by atoms with E-state index in [1.54, 1.807) is 18.7 Å². The molecule has 2 unspecified atom stereocenters. The molecule has 0 spiro atoms. The van der Waals surface area contributed by atoms with Crippen LogP contribution in [0.1, 0.15) is 36.4 Å². The first-order valence-corrected chi connectivity index (χ1v) is 12.3. The predicted octanol–water partition coefficient (Wildman–Crippen LogP) is 3.08. The van der Waals surface area contributed by atoms with Gasteiger partial charge in [-0.2, -0.15) is 11.8 Å². The molecule has 8 heteroatoms. The molecule has 176 valence electrons. The summed E-state index contributed by atoms with van der Waals surface area (Å²) in [5.74, 6) is -0.835. The van der Waals surface area contributed by atoms with Crippen LogP contribution in [-0.4, -0.2) is 65.1 Å². The minimum Gasteiger partial charge on any atom is -0.480 e. The number of carboxylic acids is 1. The number of hydrogen-bond donors (Lipinski definition) is 2. The van der Waals surface area contributed by atoms with Crippen molar-refractivity contribution in [3.05, 3.63) is 71.8 Å². The Labute approximate surface area is 198 Å². The van der Waals surface area contributed by atoms with Crippen molar-refractivity contribution in [2.24, 2.45) is 0 Å². The highest BCUT2D eigenvalue weighted by Gasteiger charge is 2.35. The van der Waals surface area contributed by atoms with Crippen LogP contribution in [-0.2, 0) is 19.1 Å². The Bertz CT molecular complexity index is 925. The van der Waals surface area contributed by atoms with Crippen LogP contribution in [0.4, 0.5) is 0 Å². The Kier molecular flexibility index (Phi) is 9.33. The number of esters is 1. The fraction of sp³-hybridized carbons (Fsp3) is 0.400. The number of carbonyl (C=O) groups excluding carboxylic acids is 2. The molecule has 2 N–H and O–H groups in total. The normalized spacial score (nSPS) is 19.5. The van der Waals surface area contributed by atoms with Gasteiger partial charge in [0, 0.05) is 11.5 Å². The van der Waals surface area contributed by atoms with E-state index in [-0.39, 0.29) is 24.5 Å². The van der Waals surface area contributed by atoms with Gasteiger partial charge in [0.15, 0.2) is 0 Å². The summed E-state index contributed by atoms with van der Waals surface area (Å²) in [6, 6.07) is 18.1. The Morgan fingerprint density at radius 3 is 2.42 bits per heavy atom. The standard InChI is InChI=1S/C25H30N2O5S/c1-2-32-25(31)20(18-9-5-3-6-10-18)13-14-26-21-16-33-17-22(19-11-7-4-8-12-19)27(24(21)30)15-23(28)29/h3-12,20-22,26H,2,13-17H2,1H3,(H,28,29)/t20-,21?,22?/m1/s1. The van der Waals surface area contributed by atoms with E-state index in [4.69, 9.17) is 4.74 Å². The summed E-state index contributed by atoms with van der Waals surface area (Å²) in [6.07, 6.45) is 0.471. The Hall–Kier alpha value is -2.84. The third kappa shape index (κ3) is 6.82. The van der Waals surface area contributed by atoms with Crippen molar-refractivity contribution in [3.8, 4) is 0 Å². The first kappa shape index (κ1) is 24.8. The van der Waals surface area contributed by atoms with Gasteiger partial charge in [0.1, 0.15) is 6.54 Å². The quantitative estimate of drug-likeness (QED) is 0.515. The van der Waals surface area contributed by atoms with E-state index in [2.05, 4.69) is 5.32 Å². The van der Waals surface area contributed by atoms with Gasteiger partial charge in [0.25, 0.3) is 0 Å². The molecule has 1 aliphatic rings. The first-order valence-electron chi connectivity index (χ1n) is 11.1. The average Bonchev–Trinajstić information content (AvgIpc) is 2.97. The molecule has 33 heavy (non-hydrogen) atoms. The summed E-state index contributed by atoms with van der Waals surface area (Å²) in [5, 5.41) is 12.7. The Morgan fingerprint density at radius 1 is 1.12 bits per heavy atom. The van der Waals surface area contributed by atoms with Crippen LogP contribution in [0.15, 0.2) is 60.7 Å². The Balaban J connectivity index is 1.70. The van der Waals surface area contributed by atoms with Crippen LogP contribution in [0, 0.1) is 0 Å². The summed E-state index contributed by atoms with van der Waals surface area (Å²) in [6.45, 7) is 2.15. The van der Waals surface area contributed by atoms with Gasteiger partial charge < -0.3 is 20.1 Å². The molecule has 0 aliphatic carbocycles. The summed E-state index contributed by atoms with van der Waals surface area (Å²) < 4.78 is 5.25. The second kappa shape index (κ2) is 12.4. The smallest absolute Gasteiger partial charge is 0.323 e. The van der Waals surface area contributed by atoms with Gasteiger partial charge in [-0.3, -0.25) is 14.4 Å². The van der Waals surface area contributed by atoms with Crippen LogP contribution < -0.4 is 5.32 Å². The molecule has 1 heterocycles. The van der Waals surface area contributed by atoms with Gasteiger partial charge in [0.05, 0.1) is 24.6 Å². The lowest BCUT2D eigenvalue weighted by Gasteiger charge is -2.30. The minimum absolute atomic E-state index is 0.233. The van der Waals surface area contributed by atoms with E-state index < -0.39 is 17.9 Å². The molecule has 1 amide bonds. The average molecular weight is 471 g/mol. The van der Waals surface area contributed by atoms with Crippen molar-refractivity contribution in [2.75, 3.05) is 31.2 Å². The van der Waals surface area contributed by atoms with Gasteiger partial charge in [-0.25, -0.2) is 0 Å². The third-order valence-corrected chi connectivity index (χ3v) is 6.72. The maximum absolute atomic E-state index is 13.3. The van der Waals surface area contributed by atoms with E-state index in [1.807, 2.05) is 60.7 Å². The summed E-state index contributed by atoms with van der Waals surface area (Å²) in [5.41, 5.74) is 1.79. The van der Waals surface area contributed by atoms with Gasteiger partial charge in [-0.15, -0.1) is 0 Å². The second-order valence-electron chi connectivity index (χ2n) is 7.83. The fourth-order valence-corrected chi connectivity index (χ4v) is 5.22. The zero-order chi connectivity index (χ0) is 23.6. The maximum atomic E-state index is 13.3. The lowest BCUT2D eigenvalue weighted by molar-refractivity contribution is -0.146. The highest BCUT2D eigenvalue weighted by atomic mass is 32.2. The topological polar surface area (TPSA) is 95.9 Å². The van der Waals surface area contributed by atoms with Crippen molar-refractivity contribution >= 4 is 29.6 Å². The molecule has 2 aromatic rings. The zero-order valence-electron chi connectivity index (χ0n) is 18.7. The molecule has 3 atom stereocenters. The van der Waals surface area contributed by atoms with Gasteiger partial charge in [-0.1, -0.05) is 60.7 Å². The molecule has 0 aromatic heterocycles. The highest BCUT2D eigenvalue weighted by molar-refractivity contribution is 7.99. The monoisotopic (exact) mass is 470 g/mol. The number of carbonyl (C=O) groups is 3.